The number of aromatic nitrogens is 3. The lowest BCUT2D eigenvalue weighted by molar-refractivity contribution is 0.0520. The van der Waals surface area contributed by atoms with Crippen LogP contribution in [0.3, 0.4) is 0 Å². The molecule has 2 aromatic carbocycles. The molecular formula is C28H23ClN4O5S. The summed E-state index contributed by atoms with van der Waals surface area (Å²) in [5.41, 5.74) is 2.94. The first-order valence-corrected chi connectivity index (χ1v) is 13.3. The number of carbonyl (C=O) groups excluding carboxylic acids is 2. The van der Waals surface area contributed by atoms with Gasteiger partial charge in [-0.2, -0.15) is 9.78 Å². The van der Waals surface area contributed by atoms with Crippen LogP contribution in [0.5, 0.6) is 0 Å². The quantitative estimate of drug-likeness (QED) is 0.248. The zero-order valence-electron chi connectivity index (χ0n) is 21.5. The van der Waals surface area contributed by atoms with E-state index >= 15 is 0 Å². The summed E-state index contributed by atoms with van der Waals surface area (Å²) in [6.07, 6.45) is 0. The number of carbonyl (C=O) groups is 2. The number of hydrogen-bond donors (Lipinski definition) is 1. The van der Waals surface area contributed by atoms with Gasteiger partial charge in [-0.25, -0.2) is 4.79 Å². The van der Waals surface area contributed by atoms with Crippen LogP contribution in [0.4, 0.5) is 5.00 Å². The fourth-order valence-corrected chi connectivity index (χ4v) is 5.32. The average molecular weight is 563 g/mol. The van der Waals surface area contributed by atoms with Gasteiger partial charge in [-0.15, -0.1) is 11.3 Å². The molecule has 0 atom stereocenters. The van der Waals surface area contributed by atoms with Gasteiger partial charge in [-0.05, 0) is 57.0 Å². The van der Waals surface area contributed by atoms with Gasteiger partial charge in [0.2, 0.25) is 0 Å². The van der Waals surface area contributed by atoms with Gasteiger partial charge in [0.15, 0.2) is 5.69 Å². The van der Waals surface area contributed by atoms with E-state index in [1.165, 1.54) is 0 Å². The number of halogens is 1. The molecule has 3 aromatic heterocycles. The van der Waals surface area contributed by atoms with Crippen molar-refractivity contribution in [2.24, 2.45) is 0 Å². The van der Waals surface area contributed by atoms with Crippen molar-refractivity contribution in [1.82, 2.24) is 14.9 Å². The molecule has 0 aliphatic heterocycles. The van der Waals surface area contributed by atoms with Crippen LogP contribution < -0.4 is 10.9 Å². The lowest BCUT2D eigenvalue weighted by Crippen LogP contribution is -2.25. The van der Waals surface area contributed by atoms with Crippen molar-refractivity contribution in [3.8, 4) is 16.9 Å². The largest absolute Gasteiger partial charge is 0.461 e. The number of fused-ring (bicyclic) bond motifs is 1. The van der Waals surface area contributed by atoms with Gasteiger partial charge in [0.25, 0.3) is 11.5 Å². The lowest BCUT2D eigenvalue weighted by atomic mass is 10.1. The molecule has 0 unspecified atom stereocenters. The fraction of sp³-hybridized carbons (Fsp3) is 0.179. The highest BCUT2D eigenvalue weighted by atomic mass is 35.5. The number of amides is 1. The van der Waals surface area contributed by atoms with Gasteiger partial charge in [0, 0.05) is 16.3 Å². The molecule has 0 aliphatic rings. The molecule has 1 N–H and O–H groups in total. The van der Waals surface area contributed by atoms with Gasteiger partial charge < -0.3 is 14.6 Å². The molecule has 0 spiro atoms. The summed E-state index contributed by atoms with van der Waals surface area (Å²) in [6.45, 7) is 7.31. The minimum absolute atomic E-state index is 0.0284. The summed E-state index contributed by atoms with van der Waals surface area (Å²) in [5, 5.41) is 13.9. The maximum Gasteiger partial charge on any atom is 0.359 e. The Morgan fingerprint density at radius 3 is 2.62 bits per heavy atom. The average Bonchev–Trinajstić information content (AvgIpc) is 3.50. The standard InChI is InChI=1S/C28H23ClN4O5S/c1-5-37-28(36)24-19-13-39-26(22(19)27(35)33(31-24)17-11-10-14(2)15(3)12-17)30-25(34)21-16(4)38-32-23(21)18-8-6-7-9-20(18)29/h6-13H,5H2,1-4H3,(H,30,34). The highest BCUT2D eigenvalue weighted by molar-refractivity contribution is 7.16. The Morgan fingerprint density at radius 1 is 1.13 bits per heavy atom. The first-order chi connectivity index (χ1) is 18.7. The molecule has 9 nitrogen and oxygen atoms in total. The molecule has 1 amide bonds. The molecule has 0 bridgehead atoms. The maximum atomic E-state index is 13.8. The van der Waals surface area contributed by atoms with E-state index in [0.29, 0.717) is 16.3 Å². The smallest absolute Gasteiger partial charge is 0.359 e. The van der Waals surface area contributed by atoms with E-state index in [1.54, 1.807) is 49.6 Å². The third-order valence-corrected chi connectivity index (χ3v) is 7.53. The first-order valence-electron chi connectivity index (χ1n) is 12.0. The summed E-state index contributed by atoms with van der Waals surface area (Å²) in [6, 6.07) is 12.4. The zero-order valence-corrected chi connectivity index (χ0v) is 23.1. The van der Waals surface area contributed by atoms with Gasteiger partial charge in [-0.3, -0.25) is 9.59 Å². The Hall–Kier alpha value is -4.28. The van der Waals surface area contributed by atoms with Crippen LogP contribution in [-0.2, 0) is 4.74 Å². The van der Waals surface area contributed by atoms with Crippen LogP contribution in [0.25, 0.3) is 27.7 Å². The monoisotopic (exact) mass is 562 g/mol. The summed E-state index contributed by atoms with van der Waals surface area (Å²) >= 11 is 7.45. The molecule has 0 saturated heterocycles. The van der Waals surface area contributed by atoms with E-state index in [0.717, 1.165) is 27.1 Å². The second-order valence-electron chi connectivity index (χ2n) is 8.80. The van der Waals surface area contributed by atoms with Crippen LogP contribution >= 0.6 is 22.9 Å². The Bertz CT molecular complexity index is 1820. The van der Waals surface area contributed by atoms with E-state index in [2.05, 4.69) is 15.6 Å². The molecular weight excluding hydrogens is 540 g/mol. The lowest BCUT2D eigenvalue weighted by Gasteiger charge is -2.11. The topological polar surface area (TPSA) is 116 Å². The van der Waals surface area contributed by atoms with Crippen molar-refractivity contribution in [2.75, 3.05) is 11.9 Å². The second kappa shape index (κ2) is 10.5. The number of nitrogens with one attached hydrogen (secondary N) is 1. The van der Waals surface area contributed by atoms with E-state index in [1.807, 2.05) is 26.0 Å². The molecule has 0 fully saturated rings. The van der Waals surface area contributed by atoms with Crippen molar-refractivity contribution >= 4 is 50.6 Å². The predicted octanol–water partition coefficient (Wildman–Crippen LogP) is 6.11. The van der Waals surface area contributed by atoms with Crippen LogP contribution in [0.1, 0.15) is 44.7 Å². The number of anilines is 1. The van der Waals surface area contributed by atoms with Crippen LogP contribution in [0, 0.1) is 20.8 Å². The number of hydrogen-bond acceptors (Lipinski definition) is 8. The minimum atomic E-state index is -0.674. The molecule has 11 heteroatoms. The maximum absolute atomic E-state index is 13.8. The summed E-state index contributed by atoms with van der Waals surface area (Å²) in [7, 11) is 0. The third kappa shape index (κ3) is 4.73. The molecule has 0 radical (unpaired) electrons. The molecule has 198 valence electrons. The van der Waals surface area contributed by atoms with Crippen molar-refractivity contribution in [2.45, 2.75) is 27.7 Å². The Morgan fingerprint density at radius 2 is 1.90 bits per heavy atom. The summed E-state index contributed by atoms with van der Waals surface area (Å²) in [5.74, 6) is -0.935. The summed E-state index contributed by atoms with van der Waals surface area (Å²) < 4.78 is 11.7. The van der Waals surface area contributed by atoms with Crippen LogP contribution in [0.15, 0.2) is 57.2 Å². The Kier molecular flexibility index (Phi) is 7.07. The predicted molar refractivity (Wildman–Crippen MR) is 150 cm³/mol. The van der Waals surface area contributed by atoms with Gasteiger partial charge in [0.05, 0.1) is 22.7 Å². The SMILES string of the molecule is CCOC(=O)c1nn(-c2ccc(C)c(C)c2)c(=O)c2c(NC(=O)c3c(-c4ccccc4Cl)noc3C)scc12. The normalized spacial score (nSPS) is 11.1. The van der Waals surface area contributed by atoms with Gasteiger partial charge in [0.1, 0.15) is 22.0 Å². The number of benzene rings is 2. The number of rotatable bonds is 6. The molecule has 0 saturated carbocycles. The minimum Gasteiger partial charge on any atom is -0.461 e. The van der Waals surface area contributed by atoms with Crippen molar-refractivity contribution in [3.63, 3.8) is 0 Å². The molecule has 5 aromatic rings. The van der Waals surface area contributed by atoms with E-state index in [-0.39, 0.29) is 45.1 Å². The number of thiophene rings is 1. The highest BCUT2D eigenvalue weighted by Gasteiger charge is 2.27. The van der Waals surface area contributed by atoms with Crippen molar-refractivity contribution in [3.05, 3.63) is 91.4 Å². The number of nitrogens with zero attached hydrogens (tertiary/aromatic N) is 3. The Balaban J connectivity index is 1.65. The molecule has 39 heavy (non-hydrogen) atoms. The highest BCUT2D eigenvalue weighted by Crippen LogP contribution is 2.34. The van der Waals surface area contributed by atoms with Crippen molar-refractivity contribution in [1.29, 1.82) is 0 Å². The van der Waals surface area contributed by atoms with Gasteiger partial charge >= 0.3 is 5.97 Å². The van der Waals surface area contributed by atoms with E-state index in [9.17, 15) is 14.4 Å². The van der Waals surface area contributed by atoms with Crippen molar-refractivity contribution < 1.29 is 18.8 Å². The number of ether oxygens (including phenoxy) is 1. The Labute approximate surface area is 232 Å². The van der Waals surface area contributed by atoms with Crippen LogP contribution in [-0.4, -0.2) is 33.4 Å². The third-order valence-electron chi connectivity index (χ3n) is 6.30. The first kappa shape index (κ1) is 26.3. The van der Waals surface area contributed by atoms with Crippen LogP contribution in [0.2, 0.25) is 5.02 Å². The second-order valence-corrected chi connectivity index (χ2v) is 10.1. The molecule has 3 heterocycles. The van der Waals surface area contributed by atoms with Gasteiger partial charge in [-0.1, -0.05) is 41.0 Å². The zero-order chi connectivity index (χ0) is 27.8. The molecule has 0 aliphatic carbocycles. The number of aryl methyl sites for hydroxylation is 3. The molecule has 5 rings (SSSR count). The number of esters is 1. The fourth-order valence-electron chi connectivity index (χ4n) is 4.17. The van der Waals surface area contributed by atoms with E-state index < -0.39 is 17.4 Å². The summed E-state index contributed by atoms with van der Waals surface area (Å²) in [4.78, 5) is 40.2. The van der Waals surface area contributed by atoms with E-state index in [4.69, 9.17) is 20.9 Å².